The number of ketones is 1. The molecule has 150 valence electrons. The normalized spacial score (nSPS) is 16.2. The molecular weight excluding hydrogens is 374 g/mol. The minimum Gasteiger partial charge on any atom is -0.399 e. The van der Waals surface area contributed by atoms with Gasteiger partial charge in [-0.1, -0.05) is 18.6 Å². The Hall–Kier alpha value is -3.55. The molecule has 2 aliphatic heterocycles. The van der Waals surface area contributed by atoms with Gasteiger partial charge in [-0.15, -0.1) is 0 Å². The number of nitrogens with two attached hydrogens (primary N) is 1. The first kappa shape index (κ1) is 20.2. The highest BCUT2D eigenvalue weighted by atomic mass is 16.2. The molecule has 0 aromatic heterocycles. The minimum absolute atomic E-state index is 0.0825. The second-order valence-electron chi connectivity index (χ2n) is 6.95. The number of anilines is 1. The summed E-state index contributed by atoms with van der Waals surface area (Å²) in [5.74, 6) is -2.25. The van der Waals surface area contributed by atoms with Crippen LogP contribution in [0.2, 0.25) is 0 Å². The molecule has 0 bridgehead atoms. The molecule has 3 rings (SSSR count). The van der Waals surface area contributed by atoms with Crippen molar-refractivity contribution in [2.45, 2.75) is 32.1 Å². The maximum Gasteiger partial charge on any atom is 0.262 e. The lowest BCUT2D eigenvalue weighted by Crippen LogP contribution is -2.30. The number of rotatable bonds is 9. The maximum absolute atomic E-state index is 12.6. The van der Waals surface area contributed by atoms with Crippen molar-refractivity contribution in [3.05, 3.63) is 53.1 Å². The summed E-state index contributed by atoms with van der Waals surface area (Å²) in [5.41, 5.74) is 7.10. The molecule has 0 aliphatic carbocycles. The molecule has 0 fully saturated rings. The van der Waals surface area contributed by atoms with Crippen molar-refractivity contribution >= 4 is 35.1 Å². The SMILES string of the molecule is Nc1ccc(CC2=C(C(=O)CCCCCN3C(=O)C=CC3=O)C(=O)NC2=O)cc1. The molecule has 8 nitrogen and oxygen atoms in total. The fourth-order valence-corrected chi connectivity index (χ4v) is 3.30. The van der Waals surface area contributed by atoms with Crippen LogP contribution in [0.4, 0.5) is 5.69 Å². The van der Waals surface area contributed by atoms with E-state index >= 15 is 0 Å². The zero-order valence-corrected chi connectivity index (χ0v) is 15.8. The van der Waals surface area contributed by atoms with Gasteiger partial charge in [0.25, 0.3) is 23.6 Å². The van der Waals surface area contributed by atoms with Crippen LogP contribution in [0.5, 0.6) is 0 Å². The summed E-state index contributed by atoms with van der Waals surface area (Å²) < 4.78 is 0. The molecule has 0 radical (unpaired) electrons. The standard InChI is InChI=1S/C21H21N3O5/c22-14-7-5-13(6-8-14)12-15-19(21(29)23-20(15)28)16(25)4-2-1-3-11-24-17(26)9-10-18(24)27/h5-10H,1-4,11-12,22H2,(H,23,28,29). The van der Waals surface area contributed by atoms with Gasteiger partial charge < -0.3 is 5.73 Å². The quantitative estimate of drug-likeness (QED) is 0.276. The lowest BCUT2D eigenvalue weighted by atomic mass is 9.96. The Bertz CT molecular complexity index is 926. The van der Waals surface area contributed by atoms with E-state index in [0.29, 0.717) is 31.5 Å². The van der Waals surface area contributed by atoms with Gasteiger partial charge in [0, 0.05) is 42.8 Å². The Kier molecular flexibility index (Phi) is 6.01. The summed E-state index contributed by atoms with van der Waals surface area (Å²) in [7, 11) is 0. The first-order valence-corrected chi connectivity index (χ1v) is 9.37. The number of amides is 4. The molecule has 0 saturated heterocycles. The second-order valence-corrected chi connectivity index (χ2v) is 6.95. The number of imide groups is 2. The molecule has 0 atom stereocenters. The number of benzene rings is 1. The van der Waals surface area contributed by atoms with Crippen LogP contribution in [0.3, 0.4) is 0 Å². The van der Waals surface area contributed by atoms with Crippen LogP contribution in [0.15, 0.2) is 47.6 Å². The largest absolute Gasteiger partial charge is 0.399 e. The van der Waals surface area contributed by atoms with Crippen molar-refractivity contribution in [3.8, 4) is 0 Å². The zero-order valence-electron chi connectivity index (χ0n) is 15.8. The first-order valence-electron chi connectivity index (χ1n) is 9.37. The molecule has 8 heteroatoms. The van der Waals surface area contributed by atoms with Crippen LogP contribution in [0.1, 0.15) is 31.2 Å². The van der Waals surface area contributed by atoms with Gasteiger partial charge >= 0.3 is 0 Å². The maximum atomic E-state index is 12.6. The predicted molar refractivity (Wildman–Crippen MR) is 104 cm³/mol. The molecule has 4 amide bonds. The predicted octanol–water partition coefficient (Wildman–Crippen LogP) is 0.819. The van der Waals surface area contributed by atoms with Gasteiger partial charge in [-0.05, 0) is 30.5 Å². The number of hydrogen-bond acceptors (Lipinski definition) is 6. The molecular formula is C21H21N3O5. The number of carbonyl (C=O) groups excluding carboxylic acids is 5. The molecule has 0 unspecified atom stereocenters. The topological polar surface area (TPSA) is 127 Å². The van der Waals surface area contributed by atoms with Crippen molar-refractivity contribution in [2.75, 3.05) is 12.3 Å². The molecule has 0 spiro atoms. The van der Waals surface area contributed by atoms with Crippen LogP contribution in [0.25, 0.3) is 0 Å². The van der Waals surface area contributed by atoms with Crippen molar-refractivity contribution in [2.24, 2.45) is 0 Å². The fourth-order valence-electron chi connectivity index (χ4n) is 3.30. The monoisotopic (exact) mass is 395 g/mol. The lowest BCUT2D eigenvalue weighted by Gasteiger charge is -2.13. The minimum atomic E-state index is -0.662. The summed E-state index contributed by atoms with van der Waals surface area (Å²) in [5, 5.41) is 2.19. The molecule has 2 heterocycles. The third-order valence-electron chi connectivity index (χ3n) is 4.86. The highest BCUT2D eigenvalue weighted by molar-refractivity contribution is 6.32. The Labute approximate surface area is 167 Å². The lowest BCUT2D eigenvalue weighted by molar-refractivity contribution is -0.137. The van der Waals surface area contributed by atoms with Crippen LogP contribution in [-0.2, 0) is 30.4 Å². The number of nitrogens with one attached hydrogen (secondary N) is 1. The van der Waals surface area contributed by atoms with Crippen LogP contribution >= 0.6 is 0 Å². The number of unbranched alkanes of at least 4 members (excludes halogenated alkanes) is 2. The Balaban J connectivity index is 1.55. The van der Waals surface area contributed by atoms with Gasteiger partial charge in [-0.2, -0.15) is 0 Å². The number of nitrogen functional groups attached to an aromatic ring is 1. The van der Waals surface area contributed by atoms with Crippen LogP contribution in [-0.4, -0.2) is 40.9 Å². The Morgan fingerprint density at radius 1 is 0.897 bits per heavy atom. The van der Waals surface area contributed by atoms with E-state index in [1.165, 1.54) is 12.2 Å². The second kappa shape index (κ2) is 8.64. The summed E-state index contributed by atoms with van der Waals surface area (Å²) in [4.78, 5) is 60.9. The van der Waals surface area contributed by atoms with Crippen LogP contribution < -0.4 is 11.1 Å². The van der Waals surface area contributed by atoms with Crippen molar-refractivity contribution in [3.63, 3.8) is 0 Å². The van der Waals surface area contributed by atoms with E-state index in [1.54, 1.807) is 24.3 Å². The van der Waals surface area contributed by atoms with Gasteiger partial charge in [0.2, 0.25) is 0 Å². The van der Waals surface area contributed by atoms with Gasteiger partial charge in [-0.25, -0.2) is 0 Å². The smallest absolute Gasteiger partial charge is 0.262 e. The van der Waals surface area contributed by atoms with E-state index < -0.39 is 11.8 Å². The summed E-state index contributed by atoms with van der Waals surface area (Å²) >= 11 is 0. The van der Waals surface area contributed by atoms with Gasteiger partial charge in [0.05, 0.1) is 5.57 Å². The van der Waals surface area contributed by atoms with E-state index in [0.717, 1.165) is 10.5 Å². The van der Waals surface area contributed by atoms with E-state index in [1.807, 2.05) is 0 Å². The van der Waals surface area contributed by atoms with E-state index in [2.05, 4.69) is 5.32 Å². The number of Topliss-reactive ketones (excluding diaryl/α,β-unsaturated/α-hetero) is 1. The highest BCUT2D eigenvalue weighted by Gasteiger charge is 2.34. The summed E-state index contributed by atoms with van der Waals surface area (Å²) in [6.45, 7) is 0.295. The molecule has 1 aromatic carbocycles. The molecule has 1 aromatic rings. The molecule has 2 aliphatic rings. The Morgan fingerprint density at radius 3 is 2.21 bits per heavy atom. The van der Waals surface area contributed by atoms with Gasteiger partial charge in [0.15, 0.2) is 5.78 Å². The third kappa shape index (κ3) is 4.66. The zero-order chi connectivity index (χ0) is 21.0. The van der Waals surface area contributed by atoms with E-state index in [-0.39, 0.29) is 41.6 Å². The first-order chi connectivity index (χ1) is 13.9. The molecule has 29 heavy (non-hydrogen) atoms. The third-order valence-corrected chi connectivity index (χ3v) is 4.86. The summed E-state index contributed by atoms with van der Waals surface area (Å²) in [6.07, 6.45) is 4.41. The van der Waals surface area contributed by atoms with Crippen molar-refractivity contribution in [1.29, 1.82) is 0 Å². The highest BCUT2D eigenvalue weighted by Crippen LogP contribution is 2.21. The average Bonchev–Trinajstić information content (AvgIpc) is 3.15. The Morgan fingerprint density at radius 2 is 1.55 bits per heavy atom. The van der Waals surface area contributed by atoms with E-state index in [4.69, 9.17) is 5.73 Å². The van der Waals surface area contributed by atoms with Gasteiger partial charge in [-0.3, -0.25) is 34.2 Å². The molecule has 3 N–H and O–H groups in total. The summed E-state index contributed by atoms with van der Waals surface area (Å²) in [6, 6.07) is 6.88. The van der Waals surface area contributed by atoms with Crippen molar-refractivity contribution < 1.29 is 24.0 Å². The molecule has 0 saturated carbocycles. The van der Waals surface area contributed by atoms with Crippen molar-refractivity contribution in [1.82, 2.24) is 10.2 Å². The average molecular weight is 395 g/mol. The number of nitrogens with zero attached hydrogens (tertiary/aromatic N) is 1. The van der Waals surface area contributed by atoms with E-state index in [9.17, 15) is 24.0 Å². The number of hydrogen-bond donors (Lipinski definition) is 2. The fraction of sp³-hybridized carbons (Fsp3) is 0.286. The van der Waals surface area contributed by atoms with Crippen LogP contribution in [0, 0.1) is 0 Å². The number of carbonyl (C=O) groups is 5. The van der Waals surface area contributed by atoms with Gasteiger partial charge in [0.1, 0.15) is 0 Å².